The molecule has 2 rings (SSSR count). The zero-order valence-corrected chi connectivity index (χ0v) is 16.4. The molecule has 2 N–H and O–H groups in total. The Hall–Kier alpha value is -2.82. The summed E-state index contributed by atoms with van der Waals surface area (Å²) < 4.78 is 5.69. The lowest BCUT2D eigenvalue weighted by Crippen LogP contribution is -2.32. The van der Waals surface area contributed by atoms with Crippen LogP contribution in [0.15, 0.2) is 48.5 Å². The monoisotopic (exact) mass is 368 g/mol. The van der Waals surface area contributed by atoms with Crippen molar-refractivity contribution in [1.82, 2.24) is 5.32 Å². The van der Waals surface area contributed by atoms with Crippen molar-refractivity contribution in [3.05, 3.63) is 59.7 Å². The number of rotatable bonds is 8. The van der Waals surface area contributed by atoms with E-state index in [0.29, 0.717) is 17.0 Å². The molecule has 0 aliphatic carbocycles. The Balaban J connectivity index is 1.91. The third-order valence-corrected chi connectivity index (χ3v) is 4.42. The predicted molar refractivity (Wildman–Crippen MR) is 108 cm³/mol. The van der Waals surface area contributed by atoms with Gasteiger partial charge in [0.05, 0.1) is 0 Å². The molecule has 0 bridgehead atoms. The highest BCUT2D eigenvalue weighted by atomic mass is 16.5. The molecule has 0 fully saturated rings. The number of carbonyl (C=O) groups excluding carboxylic acids is 2. The molecule has 0 aliphatic heterocycles. The van der Waals surface area contributed by atoms with E-state index in [1.165, 1.54) is 5.56 Å². The van der Waals surface area contributed by atoms with Crippen molar-refractivity contribution in [2.24, 2.45) is 0 Å². The highest BCUT2D eigenvalue weighted by Crippen LogP contribution is 2.16. The lowest BCUT2D eigenvalue weighted by atomic mass is 10.1. The van der Waals surface area contributed by atoms with E-state index in [4.69, 9.17) is 4.74 Å². The van der Waals surface area contributed by atoms with Gasteiger partial charge in [0, 0.05) is 17.3 Å². The molecule has 2 aromatic carbocycles. The summed E-state index contributed by atoms with van der Waals surface area (Å²) in [6, 6.07) is 14.7. The number of benzene rings is 2. The summed E-state index contributed by atoms with van der Waals surface area (Å²) in [6.07, 6.45) is 1.20. The van der Waals surface area contributed by atoms with E-state index in [-0.39, 0.29) is 17.9 Å². The Kier molecular flexibility index (Phi) is 7.41. The second-order valence-electron chi connectivity index (χ2n) is 6.61. The van der Waals surface area contributed by atoms with Crippen LogP contribution in [0, 0.1) is 0 Å². The largest absolute Gasteiger partial charge is 0.481 e. The maximum Gasteiger partial charge on any atom is 0.265 e. The first kappa shape index (κ1) is 20.5. The third kappa shape index (κ3) is 6.13. The summed E-state index contributed by atoms with van der Waals surface area (Å²) in [5, 5.41) is 5.72. The van der Waals surface area contributed by atoms with Gasteiger partial charge in [0.1, 0.15) is 5.75 Å². The fourth-order valence-electron chi connectivity index (χ4n) is 2.42. The van der Waals surface area contributed by atoms with E-state index in [1.54, 1.807) is 31.2 Å². The van der Waals surface area contributed by atoms with Crippen LogP contribution in [0.5, 0.6) is 5.75 Å². The standard InChI is InChI=1S/C22H28N2O3/c1-5-15(3)23-22(26)18-9-11-19(12-10-18)24-21(25)16(4)27-20-13-7-17(6-2)8-14-20/h7-16H,5-6H2,1-4H3,(H,23,26)(H,24,25). The normalized spacial score (nSPS) is 12.7. The lowest BCUT2D eigenvalue weighted by Gasteiger charge is -2.15. The average Bonchev–Trinajstić information content (AvgIpc) is 2.68. The third-order valence-electron chi connectivity index (χ3n) is 4.42. The maximum absolute atomic E-state index is 12.3. The molecule has 0 saturated carbocycles. The van der Waals surface area contributed by atoms with Gasteiger partial charge in [-0.1, -0.05) is 26.0 Å². The Bertz CT molecular complexity index is 754. The predicted octanol–water partition coefficient (Wildman–Crippen LogP) is 4.18. The van der Waals surface area contributed by atoms with Crippen LogP contribution >= 0.6 is 0 Å². The molecule has 0 saturated heterocycles. The number of hydrogen-bond donors (Lipinski definition) is 2. The molecule has 144 valence electrons. The Morgan fingerprint density at radius 2 is 1.59 bits per heavy atom. The number of hydrogen-bond acceptors (Lipinski definition) is 3. The van der Waals surface area contributed by atoms with Gasteiger partial charge >= 0.3 is 0 Å². The minimum Gasteiger partial charge on any atom is -0.481 e. The molecule has 27 heavy (non-hydrogen) atoms. The fourth-order valence-corrected chi connectivity index (χ4v) is 2.42. The van der Waals surface area contributed by atoms with Crippen LogP contribution < -0.4 is 15.4 Å². The minimum atomic E-state index is -0.633. The smallest absolute Gasteiger partial charge is 0.265 e. The van der Waals surface area contributed by atoms with Crippen molar-refractivity contribution in [2.45, 2.75) is 52.7 Å². The van der Waals surface area contributed by atoms with Crippen LogP contribution in [-0.2, 0) is 11.2 Å². The van der Waals surface area contributed by atoms with Gasteiger partial charge in [-0.2, -0.15) is 0 Å². The number of aryl methyl sites for hydroxylation is 1. The average molecular weight is 368 g/mol. The van der Waals surface area contributed by atoms with Crippen LogP contribution in [0.1, 0.15) is 50.0 Å². The van der Waals surface area contributed by atoms with Crippen molar-refractivity contribution in [1.29, 1.82) is 0 Å². The van der Waals surface area contributed by atoms with Crippen LogP contribution in [0.25, 0.3) is 0 Å². The molecule has 2 atom stereocenters. The van der Waals surface area contributed by atoms with Gasteiger partial charge in [-0.3, -0.25) is 9.59 Å². The SMILES string of the molecule is CCc1ccc(OC(C)C(=O)Nc2ccc(C(=O)NC(C)CC)cc2)cc1. The van der Waals surface area contributed by atoms with Gasteiger partial charge in [-0.25, -0.2) is 0 Å². The highest BCUT2D eigenvalue weighted by Gasteiger charge is 2.15. The molecule has 2 amide bonds. The van der Waals surface area contributed by atoms with Gasteiger partial charge in [0.25, 0.3) is 11.8 Å². The van der Waals surface area contributed by atoms with Crippen molar-refractivity contribution >= 4 is 17.5 Å². The number of nitrogens with one attached hydrogen (secondary N) is 2. The van der Waals surface area contributed by atoms with Crippen molar-refractivity contribution in [2.75, 3.05) is 5.32 Å². The summed E-state index contributed by atoms with van der Waals surface area (Å²) in [5.41, 5.74) is 2.40. The van der Waals surface area contributed by atoms with E-state index < -0.39 is 6.10 Å². The van der Waals surface area contributed by atoms with E-state index in [2.05, 4.69) is 17.6 Å². The summed E-state index contributed by atoms with van der Waals surface area (Å²) in [7, 11) is 0. The highest BCUT2D eigenvalue weighted by molar-refractivity contribution is 5.96. The van der Waals surface area contributed by atoms with Crippen LogP contribution in [-0.4, -0.2) is 24.0 Å². The number of carbonyl (C=O) groups is 2. The second kappa shape index (κ2) is 9.76. The maximum atomic E-state index is 12.3. The molecule has 5 nitrogen and oxygen atoms in total. The zero-order valence-electron chi connectivity index (χ0n) is 16.4. The van der Waals surface area contributed by atoms with Crippen LogP contribution in [0.3, 0.4) is 0 Å². The Morgan fingerprint density at radius 1 is 0.963 bits per heavy atom. The van der Waals surface area contributed by atoms with Crippen LogP contribution in [0.4, 0.5) is 5.69 Å². The first-order valence-corrected chi connectivity index (χ1v) is 9.40. The molecule has 2 unspecified atom stereocenters. The lowest BCUT2D eigenvalue weighted by molar-refractivity contribution is -0.122. The molecule has 0 radical (unpaired) electrons. The molecule has 0 aromatic heterocycles. The summed E-state index contributed by atoms with van der Waals surface area (Å²) in [4.78, 5) is 24.4. The number of ether oxygens (including phenoxy) is 1. The van der Waals surface area contributed by atoms with Gasteiger partial charge in [-0.05, 0) is 68.7 Å². The zero-order chi connectivity index (χ0) is 19.8. The molecular formula is C22H28N2O3. The molecule has 0 spiro atoms. The van der Waals surface area contributed by atoms with Gasteiger partial charge < -0.3 is 15.4 Å². The quantitative estimate of drug-likeness (QED) is 0.734. The van der Waals surface area contributed by atoms with Gasteiger partial charge in [-0.15, -0.1) is 0 Å². The molecule has 2 aromatic rings. The van der Waals surface area contributed by atoms with Gasteiger partial charge in [0.15, 0.2) is 6.10 Å². The second-order valence-corrected chi connectivity index (χ2v) is 6.61. The van der Waals surface area contributed by atoms with Crippen molar-refractivity contribution < 1.29 is 14.3 Å². The minimum absolute atomic E-state index is 0.116. The van der Waals surface area contributed by atoms with E-state index in [1.807, 2.05) is 38.1 Å². The summed E-state index contributed by atoms with van der Waals surface area (Å²) >= 11 is 0. The first-order valence-electron chi connectivity index (χ1n) is 9.40. The molecule has 0 heterocycles. The first-order chi connectivity index (χ1) is 12.9. The summed E-state index contributed by atoms with van der Waals surface area (Å²) in [6.45, 7) is 7.77. The molecule has 0 aliphatic rings. The topological polar surface area (TPSA) is 67.4 Å². The fraction of sp³-hybridized carbons (Fsp3) is 0.364. The number of amides is 2. The Morgan fingerprint density at radius 3 is 2.15 bits per heavy atom. The van der Waals surface area contributed by atoms with Crippen molar-refractivity contribution in [3.63, 3.8) is 0 Å². The summed E-state index contributed by atoms with van der Waals surface area (Å²) in [5.74, 6) is 0.299. The molecular weight excluding hydrogens is 340 g/mol. The van der Waals surface area contributed by atoms with Crippen molar-refractivity contribution in [3.8, 4) is 5.75 Å². The van der Waals surface area contributed by atoms with Gasteiger partial charge in [0.2, 0.25) is 0 Å². The van der Waals surface area contributed by atoms with Crippen LogP contribution in [0.2, 0.25) is 0 Å². The van der Waals surface area contributed by atoms with E-state index >= 15 is 0 Å². The Labute approximate surface area is 161 Å². The van der Waals surface area contributed by atoms with E-state index in [0.717, 1.165) is 12.8 Å². The number of anilines is 1. The molecule has 5 heteroatoms. The van der Waals surface area contributed by atoms with E-state index in [9.17, 15) is 9.59 Å².